The Hall–Kier alpha value is -3.83. The fourth-order valence-electron chi connectivity index (χ4n) is 7.42. The first kappa shape index (κ1) is 32.1. The third kappa shape index (κ3) is 6.53. The fraction of sp³-hybridized carbons (Fsp3) is 0.400. The molecule has 0 saturated heterocycles. The van der Waals surface area contributed by atoms with Gasteiger partial charge in [-0.2, -0.15) is 0 Å². The molecule has 5 nitrogen and oxygen atoms in total. The van der Waals surface area contributed by atoms with E-state index in [0.29, 0.717) is 49.1 Å². The van der Waals surface area contributed by atoms with Crippen LogP contribution >= 0.6 is 11.6 Å². The summed E-state index contributed by atoms with van der Waals surface area (Å²) in [5, 5.41) is 0.403. The van der Waals surface area contributed by atoms with Crippen LogP contribution in [0.25, 0.3) is 0 Å². The maximum atomic E-state index is 14.3. The molecule has 6 heteroatoms. The number of rotatable bonds is 9. The highest BCUT2D eigenvalue weighted by Gasteiger charge is 2.49. The highest BCUT2D eigenvalue weighted by molar-refractivity contribution is 6.32. The number of carbonyl (C=O) groups excluding carboxylic acids is 2. The van der Waals surface area contributed by atoms with Crippen LogP contribution in [0.4, 0.5) is 0 Å². The topological polar surface area (TPSA) is 55.8 Å². The lowest BCUT2D eigenvalue weighted by molar-refractivity contribution is -0.119. The molecule has 46 heavy (non-hydrogen) atoms. The van der Waals surface area contributed by atoms with Crippen molar-refractivity contribution in [3.8, 4) is 11.5 Å². The number of allylic oxidation sites excluding steroid dienone is 4. The Kier molecular flexibility index (Phi) is 8.91. The molecule has 0 spiro atoms. The lowest BCUT2D eigenvalue weighted by Gasteiger charge is -2.49. The highest BCUT2D eigenvalue weighted by atomic mass is 35.5. The highest BCUT2D eigenvalue weighted by Crippen LogP contribution is 2.55. The van der Waals surface area contributed by atoms with Gasteiger partial charge in [-0.05, 0) is 65.8 Å². The van der Waals surface area contributed by atoms with Crippen LogP contribution in [-0.2, 0) is 22.6 Å². The molecule has 3 aliphatic rings. The molecule has 2 aliphatic carbocycles. The van der Waals surface area contributed by atoms with Crippen molar-refractivity contribution >= 4 is 23.2 Å². The molecule has 3 aromatic rings. The summed E-state index contributed by atoms with van der Waals surface area (Å²) in [4.78, 5) is 30.9. The summed E-state index contributed by atoms with van der Waals surface area (Å²) in [6, 6.07) is 24.2. The van der Waals surface area contributed by atoms with E-state index in [1.54, 1.807) is 0 Å². The van der Waals surface area contributed by atoms with Crippen LogP contribution in [0.2, 0.25) is 5.02 Å². The lowest BCUT2D eigenvalue weighted by atomic mass is 9.63. The number of ether oxygens (including phenoxy) is 2. The van der Waals surface area contributed by atoms with E-state index >= 15 is 0 Å². The van der Waals surface area contributed by atoms with Crippen molar-refractivity contribution in [2.45, 2.75) is 79.2 Å². The lowest BCUT2D eigenvalue weighted by Crippen LogP contribution is -2.45. The zero-order valence-corrected chi connectivity index (χ0v) is 28.4. The normalized spacial score (nSPS) is 19.2. The first-order valence-electron chi connectivity index (χ1n) is 16.4. The summed E-state index contributed by atoms with van der Waals surface area (Å²) >= 11 is 7.00. The summed E-state index contributed by atoms with van der Waals surface area (Å²) in [5.74, 6) is 0.674. The molecule has 0 N–H and O–H groups in total. The molecule has 0 unspecified atom stereocenters. The average molecular weight is 638 g/mol. The van der Waals surface area contributed by atoms with Crippen LogP contribution in [0.3, 0.4) is 0 Å². The average Bonchev–Trinajstić information content (AvgIpc) is 2.99. The molecular formula is C40H44ClNO4. The Morgan fingerprint density at radius 1 is 0.761 bits per heavy atom. The second-order valence-electron chi connectivity index (χ2n) is 14.5. The Morgan fingerprint density at radius 3 is 1.85 bits per heavy atom. The number of hydrogen-bond donors (Lipinski definition) is 0. The van der Waals surface area contributed by atoms with Gasteiger partial charge in [-0.1, -0.05) is 100.0 Å². The third-order valence-electron chi connectivity index (χ3n) is 9.38. The van der Waals surface area contributed by atoms with Crippen LogP contribution in [0.5, 0.6) is 11.5 Å². The Morgan fingerprint density at radius 2 is 1.30 bits per heavy atom. The summed E-state index contributed by atoms with van der Waals surface area (Å²) in [5.41, 5.74) is 6.21. The van der Waals surface area contributed by atoms with E-state index in [1.807, 2.05) is 55.5 Å². The molecule has 1 aliphatic heterocycles. The minimum Gasteiger partial charge on any atom is -0.490 e. The van der Waals surface area contributed by atoms with Crippen molar-refractivity contribution < 1.29 is 19.1 Å². The number of carbonyl (C=O) groups is 2. The van der Waals surface area contributed by atoms with Gasteiger partial charge in [-0.3, -0.25) is 9.59 Å². The molecule has 0 bridgehead atoms. The summed E-state index contributed by atoms with van der Waals surface area (Å²) in [6.45, 7) is 12.1. The molecule has 0 saturated carbocycles. The van der Waals surface area contributed by atoms with E-state index in [1.165, 1.54) is 5.56 Å². The standard InChI is InChI=1S/C40H44ClNO4/c1-6-45-34-20-28(19-29(41)38(34)46-25-27-15-11-8-12-16-27)35-36-30(21-39(2,3)23-32(36)43)42(18-17-26-13-9-7-10-14-26)31-22-40(4,5)24-33(44)37(31)35/h7-16,19-20,35H,6,17-18,21-25H2,1-5H3. The second-order valence-corrected chi connectivity index (χ2v) is 14.9. The summed E-state index contributed by atoms with van der Waals surface area (Å²) in [6.07, 6.45) is 3.20. The van der Waals surface area contributed by atoms with Crippen molar-refractivity contribution in [3.63, 3.8) is 0 Å². The molecular weight excluding hydrogens is 594 g/mol. The van der Waals surface area contributed by atoms with E-state index in [0.717, 1.165) is 52.9 Å². The van der Waals surface area contributed by atoms with Gasteiger partial charge in [0.25, 0.3) is 0 Å². The Bertz CT molecular complexity index is 1650. The number of benzene rings is 3. The van der Waals surface area contributed by atoms with E-state index in [4.69, 9.17) is 21.1 Å². The predicted octanol–water partition coefficient (Wildman–Crippen LogP) is 9.25. The third-order valence-corrected chi connectivity index (χ3v) is 9.66. The van der Waals surface area contributed by atoms with E-state index in [2.05, 4.69) is 56.9 Å². The van der Waals surface area contributed by atoms with Crippen molar-refractivity contribution in [3.05, 3.63) is 117 Å². The van der Waals surface area contributed by atoms with Crippen molar-refractivity contribution in [1.82, 2.24) is 4.90 Å². The number of Topliss-reactive ketones (excluding diaryl/α,β-unsaturated/α-hetero) is 2. The fourth-order valence-corrected chi connectivity index (χ4v) is 7.70. The van der Waals surface area contributed by atoms with Gasteiger partial charge in [-0.25, -0.2) is 0 Å². The van der Waals surface area contributed by atoms with Gasteiger partial charge < -0.3 is 14.4 Å². The molecule has 0 atom stereocenters. The van der Waals surface area contributed by atoms with Gasteiger partial charge in [0.2, 0.25) is 0 Å². The van der Waals surface area contributed by atoms with Crippen molar-refractivity contribution in [2.75, 3.05) is 13.2 Å². The Balaban J connectivity index is 1.49. The number of halogens is 1. The molecule has 3 aromatic carbocycles. The molecule has 240 valence electrons. The molecule has 0 fully saturated rings. The largest absolute Gasteiger partial charge is 0.490 e. The number of hydrogen-bond acceptors (Lipinski definition) is 5. The van der Waals surface area contributed by atoms with Gasteiger partial charge in [0, 0.05) is 47.8 Å². The maximum Gasteiger partial charge on any atom is 0.180 e. The van der Waals surface area contributed by atoms with E-state index < -0.39 is 5.92 Å². The number of ketones is 2. The molecule has 0 aromatic heterocycles. The van der Waals surface area contributed by atoms with E-state index in [-0.39, 0.29) is 22.4 Å². The monoisotopic (exact) mass is 637 g/mol. The summed E-state index contributed by atoms with van der Waals surface area (Å²) < 4.78 is 12.3. The minimum absolute atomic E-state index is 0.101. The number of nitrogens with zero attached hydrogens (tertiary/aromatic N) is 1. The second kappa shape index (κ2) is 12.8. The molecule has 6 rings (SSSR count). The summed E-state index contributed by atoms with van der Waals surface area (Å²) in [7, 11) is 0. The van der Waals surface area contributed by atoms with Gasteiger partial charge in [0.05, 0.1) is 11.6 Å². The molecule has 0 amide bonds. The van der Waals surface area contributed by atoms with E-state index in [9.17, 15) is 9.59 Å². The quantitative estimate of drug-likeness (QED) is 0.234. The van der Waals surface area contributed by atoms with Crippen LogP contribution in [-0.4, -0.2) is 29.6 Å². The van der Waals surface area contributed by atoms with Gasteiger partial charge in [0.15, 0.2) is 23.1 Å². The van der Waals surface area contributed by atoms with Crippen LogP contribution in [0.1, 0.15) is 82.9 Å². The zero-order chi connectivity index (χ0) is 32.6. The predicted molar refractivity (Wildman–Crippen MR) is 183 cm³/mol. The molecule has 1 heterocycles. The van der Waals surface area contributed by atoms with Crippen LogP contribution < -0.4 is 9.47 Å². The van der Waals surface area contributed by atoms with Crippen LogP contribution in [0, 0.1) is 10.8 Å². The maximum absolute atomic E-state index is 14.3. The van der Waals surface area contributed by atoms with Crippen LogP contribution in [0.15, 0.2) is 95.3 Å². The van der Waals surface area contributed by atoms with Gasteiger partial charge >= 0.3 is 0 Å². The first-order valence-corrected chi connectivity index (χ1v) is 16.8. The van der Waals surface area contributed by atoms with Gasteiger partial charge in [-0.15, -0.1) is 0 Å². The Labute approximate surface area is 278 Å². The zero-order valence-electron chi connectivity index (χ0n) is 27.6. The van der Waals surface area contributed by atoms with Gasteiger partial charge in [0.1, 0.15) is 6.61 Å². The smallest absolute Gasteiger partial charge is 0.180 e. The van der Waals surface area contributed by atoms with Crippen molar-refractivity contribution in [1.29, 1.82) is 0 Å². The minimum atomic E-state index is -0.509. The SMILES string of the molecule is CCOc1cc(C2C3=C(CC(C)(C)CC3=O)N(CCc3ccccc3)C3=C2C(=O)CC(C)(C)C3)cc(Cl)c1OCc1ccccc1. The first-order chi connectivity index (χ1) is 22.0. The van der Waals surface area contributed by atoms with Crippen molar-refractivity contribution in [2.24, 2.45) is 10.8 Å². The molecule has 0 radical (unpaired) electrons.